The van der Waals surface area contributed by atoms with Crippen LogP contribution < -0.4 is 5.69 Å². The number of aromatic nitrogens is 2. The van der Waals surface area contributed by atoms with Crippen LogP contribution in [0.4, 0.5) is 0 Å². The van der Waals surface area contributed by atoms with E-state index in [9.17, 15) is 4.79 Å². The Kier molecular flexibility index (Phi) is 4.11. The van der Waals surface area contributed by atoms with Gasteiger partial charge in [-0.15, -0.1) is 0 Å². The second-order valence-electron chi connectivity index (χ2n) is 4.40. The molecule has 6 heteroatoms. The first kappa shape index (κ1) is 13.2. The van der Waals surface area contributed by atoms with Gasteiger partial charge in [0, 0.05) is 32.0 Å². The van der Waals surface area contributed by atoms with Crippen molar-refractivity contribution in [2.24, 2.45) is 5.92 Å². The number of hydrogen-bond acceptors (Lipinski definition) is 5. The first-order valence-corrected chi connectivity index (χ1v) is 5.86. The van der Waals surface area contributed by atoms with Crippen LogP contribution in [-0.4, -0.2) is 43.1 Å². The molecule has 1 aromatic heterocycles. The van der Waals surface area contributed by atoms with Gasteiger partial charge in [-0.25, -0.2) is 4.79 Å². The molecular weight excluding hydrogens is 236 g/mol. The Balaban J connectivity index is 2.25. The monoisotopic (exact) mass is 254 g/mol. The molecular formula is C12H18N2O4. The highest BCUT2D eigenvalue weighted by Crippen LogP contribution is 2.29. The lowest BCUT2D eigenvalue weighted by molar-refractivity contribution is -0.0396. The quantitative estimate of drug-likeness (QED) is 0.776. The van der Waals surface area contributed by atoms with Gasteiger partial charge >= 0.3 is 5.69 Å². The van der Waals surface area contributed by atoms with Crippen molar-refractivity contribution in [1.29, 1.82) is 0 Å². The lowest BCUT2D eigenvalue weighted by Crippen LogP contribution is -2.35. The summed E-state index contributed by atoms with van der Waals surface area (Å²) in [5.74, 6) is 0.123. The number of aryl methyl sites for hydroxylation is 1. The average molecular weight is 254 g/mol. The van der Waals surface area contributed by atoms with Crippen LogP contribution >= 0.6 is 0 Å². The Morgan fingerprint density at radius 1 is 1.56 bits per heavy atom. The molecule has 2 rings (SSSR count). The first-order chi connectivity index (χ1) is 8.67. The van der Waals surface area contributed by atoms with E-state index in [0.717, 1.165) is 0 Å². The Labute approximate surface area is 105 Å². The van der Waals surface area contributed by atoms with Gasteiger partial charge in [0.2, 0.25) is 0 Å². The Bertz CT molecular complexity index is 460. The molecule has 1 fully saturated rings. The van der Waals surface area contributed by atoms with Crippen LogP contribution in [0.2, 0.25) is 0 Å². The summed E-state index contributed by atoms with van der Waals surface area (Å²) in [6.07, 6.45) is 1.05. The van der Waals surface area contributed by atoms with Crippen molar-refractivity contribution in [2.75, 3.05) is 27.4 Å². The van der Waals surface area contributed by atoms with Gasteiger partial charge in [0.15, 0.2) is 6.23 Å². The van der Waals surface area contributed by atoms with E-state index in [1.54, 1.807) is 33.4 Å². The molecule has 100 valence electrons. The molecule has 0 spiro atoms. The molecule has 1 aromatic rings. The topological polar surface area (TPSA) is 62.6 Å². The zero-order valence-corrected chi connectivity index (χ0v) is 10.8. The highest BCUT2D eigenvalue weighted by Gasteiger charge is 2.39. The van der Waals surface area contributed by atoms with Crippen LogP contribution in [0, 0.1) is 12.8 Å². The number of rotatable bonds is 4. The van der Waals surface area contributed by atoms with Gasteiger partial charge < -0.3 is 14.2 Å². The highest BCUT2D eigenvalue weighted by molar-refractivity contribution is 4.97. The summed E-state index contributed by atoms with van der Waals surface area (Å²) in [7, 11) is 3.25. The number of hydrogen-bond donors (Lipinski definition) is 0. The van der Waals surface area contributed by atoms with E-state index in [-0.39, 0.29) is 17.7 Å². The van der Waals surface area contributed by atoms with Gasteiger partial charge in [-0.05, 0) is 13.0 Å². The Hall–Kier alpha value is -1.24. The minimum atomic E-state index is -0.434. The molecule has 18 heavy (non-hydrogen) atoms. The second-order valence-corrected chi connectivity index (χ2v) is 4.40. The summed E-state index contributed by atoms with van der Waals surface area (Å²) >= 11 is 0. The van der Waals surface area contributed by atoms with Gasteiger partial charge in [-0.1, -0.05) is 0 Å². The third-order valence-electron chi connectivity index (χ3n) is 3.12. The lowest BCUT2D eigenvalue weighted by Gasteiger charge is -2.22. The smallest absolute Gasteiger partial charge is 0.349 e. The molecule has 0 N–H and O–H groups in total. The van der Waals surface area contributed by atoms with Crippen molar-refractivity contribution in [3.63, 3.8) is 0 Å². The third kappa shape index (κ3) is 2.45. The molecule has 0 aromatic carbocycles. The standard InChI is InChI=1S/C12H18N2O4/c1-8-4-5-14(12(15)13-8)11-10(17-3)9(6-16-2)7-18-11/h4-5,9-11H,6-7H2,1-3H3/t9-,10+,11+/m0/s1. The van der Waals surface area contributed by atoms with Crippen molar-refractivity contribution < 1.29 is 14.2 Å². The van der Waals surface area contributed by atoms with Crippen molar-refractivity contribution >= 4 is 0 Å². The molecule has 1 saturated heterocycles. The fraction of sp³-hybridized carbons (Fsp3) is 0.667. The summed E-state index contributed by atoms with van der Waals surface area (Å²) in [5, 5.41) is 0. The number of nitrogens with zero attached hydrogens (tertiary/aromatic N) is 2. The van der Waals surface area contributed by atoms with Crippen molar-refractivity contribution in [1.82, 2.24) is 9.55 Å². The van der Waals surface area contributed by atoms with Crippen LogP contribution in [0.25, 0.3) is 0 Å². The number of ether oxygens (including phenoxy) is 3. The largest absolute Gasteiger partial charge is 0.384 e. The summed E-state index contributed by atoms with van der Waals surface area (Å²) in [5.41, 5.74) is 0.372. The zero-order chi connectivity index (χ0) is 13.1. The van der Waals surface area contributed by atoms with Crippen molar-refractivity contribution in [3.05, 3.63) is 28.4 Å². The zero-order valence-electron chi connectivity index (χ0n) is 10.8. The van der Waals surface area contributed by atoms with Crippen molar-refractivity contribution in [2.45, 2.75) is 19.3 Å². The van der Waals surface area contributed by atoms with E-state index in [1.807, 2.05) is 0 Å². The molecule has 1 aliphatic heterocycles. The number of methoxy groups -OCH3 is 2. The fourth-order valence-corrected chi connectivity index (χ4v) is 2.24. The minimum absolute atomic E-state index is 0.123. The van der Waals surface area contributed by atoms with Crippen LogP contribution in [-0.2, 0) is 14.2 Å². The Morgan fingerprint density at radius 3 is 2.94 bits per heavy atom. The van der Waals surface area contributed by atoms with E-state index in [2.05, 4.69) is 4.98 Å². The maximum atomic E-state index is 11.8. The van der Waals surface area contributed by atoms with Crippen LogP contribution in [0.1, 0.15) is 11.9 Å². The normalized spacial score (nSPS) is 27.6. The average Bonchev–Trinajstić information content (AvgIpc) is 2.72. The summed E-state index contributed by atoms with van der Waals surface area (Å²) in [4.78, 5) is 15.7. The van der Waals surface area contributed by atoms with Crippen LogP contribution in [0.5, 0.6) is 0 Å². The maximum absolute atomic E-state index is 11.8. The maximum Gasteiger partial charge on any atom is 0.349 e. The SMILES string of the molecule is COC[C@H]1CO[C@@H](n2ccc(C)nc2=O)[C@@H]1OC. The second kappa shape index (κ2) is 5.60. The Morgan fingerprint density at radius 2 is 2.33 bits per heavy atom. The highest BCUT2D eigenvalue weighted by atomic mass is 16.6. The van der Waals surface area contributed by atoms with Gasteiger partial charge in [-0.2, -0.15) is 4.98 Å². The van der Waals surface area contributed by atoms with Crippen LogP contribution in [0.15, 0.2) is 17.1 Å². The van der Waals surface area contributed by atoms with Crippen molar-refractivity contribution in [3.8, 4) is 0 Å². The predicted octanol–water partition coefficient (Wildman–Crippen LogP) is 0.358. The van der Waals surface area contributed by atoms with Crippen LogP contribution in [0.3, 0.4) is 0 Å². The van der Waals surface area contributed by atoms with Gasteiger partial charge in [0.05, 0.1) is 13.2 Å². The third-order valence-corrected chi connectivity index (χ3v) is 3.12. The molecule has 2 heterocycles. The lowest BCUT2D eigenvalue weighted by atomic mass is 10.1. The van der Waals surface area contributed by atoms with E-state index in [4.69, 9.17) is 14.2 Å². The molecule has 0 amide bonds. The fourth-order valence-electron chi connectivity index (χ4n) is 2.24. The van der Waals surface area contributed by atoms with E-state index in [1.165, 1.54) is 4.57 Å². The van der Waals surface area contributed by atoms with Gasteiger partial charge in [-0.3, -0.25) is 4.57 Å². The molecule has 0 bridgehead atoms. The molecule has 6 nitrogen and oxygen atoms in total. The molecule has 0 radical (unpaired) electrons. The first-order valence-electron chi connectivity index (χ1n) is 5.86. The van der Waals surface area contributed by atoms with E-state index < -0.39 is 6.23 Å². The minimum Gasteiger partial charge on any atom is -0.384 e. The van der Waals surface area contributed by atoms with E-state index in [0.29, 0.717) is 18.9 Å². The molecule has 3 atom stereocenters. The molecule has 1 aliphatic rings. The molecule has 0 aliphatic carbocycles. The summed E-state index contributed by atoms with van der Waals surface area (Å²) in [6, 6.07) is 1.78. The van der Waals surface area contributed by atoms with Gasteiger partial charge in [0.1, 0.15) is 6.10 Å². The summed E-state index contributed by atoms with van der Waals surface area (Å²) < 4.78 is 17.7. The van der Waals surface area contributed by atoms with Gasteiger partial charge in [0.25, 0.3) is 0 Å². The predicted molar refractivity (Wildman–Crippen MR) is 64.4 cm³/mol. The molecule has 0 unspecified atom stereocenters. The van der Waals surface area contributed by atoms with E-state index >= 15 is 0 Å². The summed E-state index contributed by atoms with van der Waals surface area (Å²) in [6.45, 7) is 2.84. The molecule has 0 saturated carbocycles.